The van der Waals surface area contributed by atoms with Gasteiger partial charge in [0.25, 0.3) is 0 Å². The fourth-order valence-electron chi connectivity index (χ4n) is 2.30. The molecule has 0 saturated carbocycles. The average Bonchev–Trinajstić information content (AvgIpc) is 2.48. The number of methoxy groups -OCH3 is 1. The molecule has 2 aromatic rings. The molecular formula is C16H17FN2O2. The third-order valence-electron chi connectivity index (χ3n) is 3.40. The van der Waals surface area contributed by atoms with Gasteiger partial charge in [0.2, 0.25) is 0 Å². The van der Waals surface area contributed by atoms with E-state index in [1.807, 2.05) is 13.0 Å². The molecule has 0 radical (unpaired) electrons. The van der Waals surface area contributed by atoms with Crippen LogP contribution in [0.2, 0.25) is 0 Å². The number of anilines is 1. The molecule has 1 aromatic heterocycles. The predicted octanol–water partition coefficient (Wildman–Crippen LogP) is 2.94. The van der Waals surface area contributed by atoms with E-state index in [1.54, 1.807) is 12.3 Å². The standard InChI is InChI=1S/C16H17FN2O2/c1-10(8-11-4-3-7-19-15(11)18)14-9-12(17)5-6-13(14)16(20)21-2/h3-7,9-10H,8H2,1-2H3,(H2,18,19). The zero-order chi connectivity index (χ0) is 15.4. The molecule has 0 bridgehead atoms. The van der Waals surface area contributed by atoms with Gasteiger partial charge in [0.05, 0.1) is 12.7 Å². The first-order chi connectivity index (χ1) is 10.0. The quantitative estimate of drug-likeness (QED) is 0.878. The van der Waals surface area contributed by atoms with Crippen molar-refractivity contribution in [2.45, 2.75) is 19.3 Å². The normalized spacial score (nSPS) is 12.0. The molecule has 110 valence electrons. The van der Waals surface area contributed by atoms with Crippen LogP contribution in [0.5, 0.6) is 0 Å². The molecule has 0 fully saturated rings. The Kier molecular flexibility index (Phi) is 4.52. The maximum absolute atomic E-state index is 13.5. The van der Waals surface area contributed by atoms with Gasteiger partial charge in [-0.25, -0.2) is 14.2 Å². The molecule has 1 heterocycles. The third kappa shape index (κ3) is 3.37. The zero-order valence-corrected chi connectivity index (χ0v) is 12.0. The Balaban J connectivity index is 2.34. The Morgan fingerprint density at radius 3 is 2.86 bits per heavy atom. The summed E-state index contributed by atoms with van der Waals surface area (Å²) in [6, 6.07) is 7.73. The molecule has 2 rings (SSSR count). The third-order valence-corrected chi connectivity index (χ3v) is 3.40. The van der Waals surface area contributed by atoms with Crippen LogP contribution in [0.25, 0.3) is 0 Å². The Morgan fingerprint density at radius 2 is 2.19 bits per heavy atom. The fourth-order valence-corrected chi connectivity index (χ4v) is 2.30. The minimum atomic E-state index is -0.476. The van der Waals surface area contributed by atoms with Gasteiger partial charge >= 0.3 is 5.97 Å². The highest BCUT2D eigenvalue weighted by Gasteiger charge is 2.18. The average molecular weight is 288 g/mol. The molecule has 0 aliphatic rings. The number of ether oxygens (including phenoxy) is 1. The number of halogens is 1. The van der Waals surface area contributed by atoms with E-state index in [9.17, 15) is 9.18 Å². The van der Waals surface area contributed by atoms with Crippen LogP contribution in [-0.2, 0) is 11.2 Å². The highest BCUT2D eigenvalue weighted by Crippen LogP contribution is 2.26. The molecule has 4 nitrogen and oxygen atoms in total. The highest BCUT2D eigenvalue weighted by atomic mass is 19.1. The predicted molar refractivity (Wildman–Crippen MR) is 78.5 cm³/mol. The first-order valence-corrected chi connectivity index (χ1v) is 6.60. The Morgan fingerprint density at radius 1 is 1.43 bits per heavy atom. The summed E-state index contributed by atoms with van der Waals surface area (Å²) in [5, 5.41) is 0. The van der Waals surface area contributed by atoms with Crippen molar-refractivity contribution in [2.24, 2.45) is 0 Å². The molecule has 1 aromatic carbocycles. The number of hydrogen-bond donors (Lipinski definition) is 1. The van der Waals surface area contributed by atoms with Crippen LogP contribution >= 0.6 is 0 Å². The largest absolute Gasteiger partial charge is 0.465 e. The number of carbonyl (C=O) groups excluding carboxylic acids is 1. The first kappa shape index (κ1) is 15.0. The van der Waals surface area contributed by atoms with Crippen LogP contribution < -0.4 is 5.73 Å². The van der Waals surface area contributed by atoms with Crippen LogP contribution in [0.4, 0.5) is 10.2 Å². The molecule has 0 aliphatic carbocycles. The second-order valence-electron chi connectivity index (χ2n) is 4.88. The Labute approximate surface area is 122 Å². The maximum Gasteiger partial charge on any atom is 0.338 e. The SMILES string of the molecule is COC(=O)c1ccc(F)cc1C(C)Cc1cccnc1N. The summed E-state index contributed by atoms with van der Waals surface area (Å²) in [5.41, 5.74) is 7.66. The summed E-state index contributed by atoms with van der Waals surface area (Å²) in [5.74, 6) is -0.513. The molecule has 0 amide bonds. The van der Waals surface area contributed by atoms with E-state index in [1.165, 1.54) is 25.3 Å². The second kappa shape index (κ2) is 6.35. The van der Waals surface area contributed by atoms with E-state index in [-0.39, 0.29) is 11.7 Å². The van der Waals surface area contributed by atoms with Crippen molar-refractivity contribution in [3.05, 3.63) is 59.0 Å². The lowest BCUT2D eigenvalue weighted by molar-refractivity contribution is 0.0599. The lowest BCUT2D eigenvalue weighted by Gasteiger charge is -2.16. The molecular weight excluding hydrogens is 271 g/mol. The van der Waals surface area contributed by atoms with Crippen molar-refractivity contribution in [1.29, 1.82) is 0 Å². The van der Waals surface area contributed by atoms with Crippen LogP contribution in [0.15, 0.2) is 36.5 Å². The van der Waals surface area contributed by atoms with E-state index in [0.29, 0.717) is 23.4 Å². The number of aromatic nitrogens is 1. The fraction of sp³-hybridized carbons (Fsp3) is 0.250. The minimum absolute atomic E-state index is 0.0960. The minimum Gasteiger partial charge on any atom is -0.465 e. The summed E-state index contributed by atoms with van der Waals surface area (Å²) in [7, 11) is 1.30. The van der Waals surface area contributed by atoms with E-state index in [0.717, 1.165) is 5.56 Å². The van der Waals surface area contributed by atoms with Gasteiger partial charge in [0, 0.05) is 6.20 Å². The molecule has 1 unspecified atom stereocenters. The number of carbonyl (C=O) groups is 1. The van der Waals surface area contributed by atoms with Gasteiger partial charge in [0.1, 0.15) is 11.6 Å². The number of esters is 1. The van der Waals surface area contributed by atoms with Gasteiger partial charge in [0.15, 0.2) is 0 Å². The molecule has 21 heavy (non-hydrogen) atoms. The lowest BCUT2D eigenvalue weighted by Crippen LogP contribution is -2.11. The van der Waals surface area contributed by atoms with Crippen LogP contribution in [0.1, 0.15) is 34.3 Å². The molecule has 0 aliphatic heterocycles. The summed E-state index contributed by atoms with van der Waals surface area (Å²) < 4.78 is 18.2. The second-order valence-corrected chi connectivity index (χ2v) is 4.88. The van der Waals surface area contributed by atoms with Gasteiger partial charge in [-0.1, -0.05) is 13.0 Å². The zero-order valence-electron chi connectivity index (χ0n) is 12.0. The smallest absolute Gasteiger partial charge is 0.338 e. The van der Waals surface area contributed by atoms with E-state index < -0.39 is 5.97 Å². The van der Waals surface area contributed by atoms with Gasteiger partial charge in [-0.2, -0.15) is 0 Å². The molecule has 1 atom stereocenters. The number of hydrogen-bond acceptors (Lipinski definition) is 4. The number of nitrogens with two attached hydrogens (primary N) is 1. The molecule has 5 heteroatoms. The lowest BCUT2D eigenvalue weighted by atomic mass is 9.90. The Bertz CT molecular complexity index is 658. The number of nitrogen functional groups attached to an aromatic ring is 1. The van der Waals surface area contributed by atoms with Crippen molar-refractivity contribution >= 4 is 11.8 Å². The molecule has 2 N–H and O–H groups in total. The van der Waals surface area contributed by atoms with Gasteiger partial charge < -0.3 is 10.5 Å². The highest BCUT2D eigenvalue weighted by molar-refractivity contribution is 5.91. The summed E-state index contributed by atoms with van der Waals surface area (Å²) in [4.78, 5) is 15.8. The van der Waals surface area contributed by atoms with Crippen LogP contribution in [0.3, 0.4) is 0 Å². The Hall–Kier alpha value is -2.43. The maximum atomic E-state index is 13.5. The van der Waals surface area contributed by atoms with E-state index in [2.05, 4.69) is 4.98 Å². The summed E-state index contributed by atoms with van der Waals surface area (Å²) >= 11 is 0. The van der Waals surface area contributed by atoms with Gasteiger partial charge in [-0.15, -0.1) is 0 Å². The summed E-state index contributed by atoms with van der Waals surface area (Å²) in [6.45, 7) is 1.91. The van der Waals surface area contributed by atoms with Crippen LogP contribution in [0, 0.1) is 5.82 Å². The van der Waals surface area contributed by atoms with Crippen molar-refractivity contribution in [3.8, 4) is 0 Å². The first-order valence-electron chi connectivity index (χ1n) is 6.60. The van der Waals surface area contributed by atoms with Crippen LogP contribution in [-0.4, -0.2) is 18.1 Å². The van der Waals surface area contributed by atoms with E-state index in [4.69, 9.17) is 10.5 Å². The topological polar surface area (TPSA) is 65.2 Å². The summed E-state index contributed by atoms with van der Waals surface area (Å²) in [6.07, 6.45) is 2.18. The molecule has 0 spiro atoms. The van der Waals surface area contributed by atoms with Crippen molar-refractivity contribution in [1.82, 2.24) is 4.98 Å². The number of pyridine rings is 1. The van der Waals surface area contributed by atoms with Gasteiger partial charge in [-0.05, 0) is 47.7 Å². The van der Waals surface area contributed by atoms with Crippen molar-refractivity contribution in [2.75, 3.05) is 12.8 Å². The monoisotopic (exact) mass is 288 g/mol. The number of nitrogens with zero attached hydrogens (tertiary/aromatic N) is 1. The number of benzene rings is 1. The van der Waals surface area contributed by atoms with Gasteiger partial charge in [-0.3, -0.25) is 0 Å². The molecule has 0 saturated heterocycles. The van der Waals surface area contributed by atoms with E-state index >= 15 is 0 Å². The van der Waals surface area contributed by atoms with Crippen molar-refractivity contribution in [3.63, 3.8) is 0 Å². The van der Waals surface area contributed by atoms with Crippen molar-refractivity contribution < 1.29 is 13.9 Å². The number of rotatable bonds is 4.